The molecule has 7 nitrogen and oxygen atoms in total. The zero-order valence-corrected chi connectivity index (χ0v) is 13.6. The zero-order valence-electron chi connectivity index (χ0n) is 11.2. The highest BCUT2D eigenvalue weighted by molar-refractivity contribution is 9.10. The first-order valence-electron chi connectivity index (χ1n) is 5.60. The molecule has 2 aromatic rings. The number of halogens is 3. The van der Waals surface area contributed by atoms with Crippen LogP contribution in [0.2, 0.25) is 0 Å². The van der Waals surface area contributed by atoms with Crippen LogP contribution in [0.15, 0.2) is 21.6 Å². The molecule has 0 aliphatic rings. The van der Waals surface area contributed by atoms with E-state index >= 15 is 0 Å². The maximum atomic E-state index is 13.9. The molecule has 0 bridgehead atoms. The summed E-state index contributed by atoms with van der Waals surface area (Å²) in [6, 6.07) is 1.03. The molecule has 0 unspecified atom stereocenters. The lowest BCUT2D eigenvalue weighted by molar-refractivity contribution is -0.387. The van der Waals surface area contributed by atoms with Crippen molar-refractivity contribution in [2.45, 2.75) is 5.03 Å². The Morgan fingerprint density at radius 2 is 1.91 bits per heavy atom. The van der Waals surface area contributed by atoms with Gasteiger partial charge >= 0.3 is 5.69 Å². The summed E-state index contributed by atoms with van der Waals surface area (Å²) in [5.74, 6) is -2.43. The molecule has 1 aromatic carbocycles. The number of sulfone groups is 1. The first-order valence-corrected chi connectivity index (χ1v) is 8.28. The third kappa shape index (κ3) is 2.73. The second kappa shape index (κ2) is 5.39. The van der Waals surface area contributed by atoms with E-state index < -0.39 is 32.1 Å². The van der Waals surface area contributed by atoms with Gasteiger partial charge in [0.25, 0.3) is 0 Å². The molecule has 2 rings (SSSR count). The average Bonchev–Trinajstić information content (AvgIpc) is 2.63. The number of hydrogen-bond acceptors (Lipinski definition) is 5. The summed E-state index contributed by atoms with van der Waals surface area (Å²) in [6.07, 6.45) is 0.933. The van der Waals surface area contributed by atoms with Crippen molar-refractivity contribution in [1.29, 1.82) is 0 Å². The minimum absolute atomic E-state index is 0.0580. The minimum atomic E-state index is -3.68. The fraction of sp³-hybridized carbons (Fsp3) is 0.182. The molecule has 0 fully saturated rings. The minimum Gasteiger partial charge on any atom is -0.258 e. The fourth-order valence-corrected chi connectivity index (χ4v) is 4.29. The SMILES string of the molecule is Cn1nc(-c2cc([N+](=O)[O-])c(F)cc2F)c(Br)c1S(C)(=O)=O. The molecule has 0 saturated carbocycles. The van der Waals surface area contributed by atoms with Crippen molar-refractivity contribution in [2.75, 3.05) is 6.26 Å². The number of aryl methyl sites for hydroxylation is 1. The van der Waals surface area contributed by atoms with Crippen molar-refractivity contribution in [3.63, 3.8) is 0 Å². The number of nitrogens with zero attached hydrogens (tertiary/aromatic N) is 3. The molecule has 11 heteroatoms. The molecule has 1 heterocycles. The Bertz CT molecular complexity index is 895. The van der Waals surface area contributed by atoms with Crippen molar-refractivity contribution in [2.24, 2.45) is 7.05 Å². The number of aromatic nitrogens is 2. The van der Waals surface area contributed by atoms with Gasteiger partial charge < -0.3 is 0 Å². The standard InChI is InChI=1S/C11H8BrF2N3O4S/c1-16-11(22(2,20)21)9(12)10(15-16)5-3-8(17(18)19)7(14)4-6(5)13/h3-4H,1-2H3. The number of benzene rings is 1. The summed E-state index contributed by atoms with van der Waals surface area (Å²) in [4.78, 5) is 9.74. The van der Waals surface area contributed by atoms with E-state index in [1.165, 1.54) is 7.05 Å². The van der Waals surface area contributed by atoms with Crippen molar-refractivity contribution < 1.29 is 22.1 Å². The maximum absolute atomic E-state index is 13.9. The molecule has 0 N–H and O–H groups in total. The third-order valence-corrected chi connectivity index (χ3v) is 4.96. The summed E-state index contributed by atoms with van der Waals surface area (Å²) >= 11 is 3.00. The van der Waals surface area contributed by atoms with Crippen molar-refractivity contribution in [3.05, 3.63) is 38.4 Å². The summed E-state index contributed by atoms with van der Waals surface area (Å²) in [5.41, 5.74) is -1.50. The van der Waals surface area contributed by atoms with Crippen LogP contribution in [-0.2, 0) is 16.9 Å². The third-order valence-electron chi connectivity index (χ3n) is 2.78. The Morgan fingerprint density at radius 3 is 2.36 bits per heavy atom. The highest BCUT2D eigenvalue weighted by atomic mass is 79.9. The lowest BCUT2D eigenvalue weighted by Crippen LogP contribution is -2.05. The van der Waals surface area contributed by atoms with E-state index in [2.05, 4.69) is 21.0 Å². The Kier molecular flexibility index (Phi) is 4.04. The van der Waals surface area contributed by atoms with E-state index in [9.17, 15) is 27.3 Å². The van der Waals surface area contributed by atoms with Crippen LogP contribution in [0.1, 0.15) is 0 Å². The highest BCUT2D eigenvalue weighted by Crippen LogP contribution is 2.36. The van der Waals surface area contributed by atoms with E-state index in [0.29, 0.717) is 12.1 Å². The number of hydrogen-bond donors (Lipinski definition) is 0. The van der Waals surface area contributed by atoms with Gasteiger partial charge in [-0.15, -0.1) is 0 Å². The van der Waals surface area contributed by atoms with Gasteiger partial charge in [-0.2, -0.15) is 9.49 Å². The molecule has 118 valence electrons. The van der Waals surface area contributed by atoms with Crippen LogP contribution >= 0.6 is 15.9 Å². The van der Waals surface area contributed by atoms with E-state index in [1.807, 2.05) is 0 Å². The van der Waals surface area contributed by atoms with Gasteiger partial charge in [0.2, 0.25) is 5.82 Å². The molecular formula is C11H8BrF2N3O4S. The first-order chi connectivity index (χ1) is 10.0. The Morgan fingerprint density at radius 1 is 1.32 bits per heavy atom. The monoisotopic (exact) mass is 395 g/mol. The van der Waals surface area contributed by atoms with Gasteiger partial charge in [-0.1, -0.05) is 0 Å². The molecular weight excluding hydrogens is 388 g/mol. The normalized spacial score (nSPS) is 11.7. The smallest absolute Gasteiger partial charge is 0.258 e. The predicted molar refractivity (Wildman–Crippen MR) is 76.0 cm³/mol. The van der Waals surface area contributed by atoms with E-state index in [0.717, 1.165) is 10.9 Å². The van der Waals surface area contributed by atoms with Crippen LogP contribution in [0, 0.1) is 21.7 Å². The van der Waals surface area contributed by atoms with E-state index in [4.69, 9.17) is 0 Å². The lowest BCUT2D eigenvalue weighted by atomic mass is 10.1. The Labute approximate surface area is 131 Å². The quantitative estimate of drug-likeness (QED) is 0.587. The molecule has 0 spiro atoms. The molecule has 0 saturated heterocycles. The maximum Gasteiger partial charge on any atom is 0.305 e. The predicted octanol–water partition coefficient (Wildman–Crippen LogP) is 2.44. The lowest BCUT2D eigenvalue weighted by Gasteiger charge is -2.02. The molecule has 22 heavy (non-hydrogen) atoms. The van der Waals surface area contributed by atoms with Crippen LogP contribution in [0.4, 0.5) is 14.5 Å². The van der Waals surface area contributed by atoms with Crippen LogP contribution in [0.25, 0.3) is 11.3 Å². The van der Waals surface area contributed by atoms with Gasteiger partial charge in [0.15, 0.2) is 14.9 Å². The van der Waals surface area contributed by atoms with Gasteiger partial charge in [0, 0.05) is 31.0 Å². The fourth-order valence-electron chi connectivity index (χ4n) is 1.92. The van der Waals surface area contributed by atoms with Crippen molar-refractivity contribution in [1.82, 2.24) is 9.78 Å². The van der Waals surface area contributed by atoms with Crippen molar-refractivity contribution in [3.8, 4) is 11.3 Å². The van der Waals surface area contributed by atoms with Crippen LogP contribution < -0.4 is 0 Å². The van der Waals surface area contributed by atoms with Gasteiger partial charge in [-0.05, 0) is 15.9 Å². The summed E-state index contributed by atoms with van der Waals surface area (Å²) < 4.78 is 51.6. The van der Waals surface area contributed by atoms with Gasteiger partial charge in [0.1, 0.15) is 11.5 Å². The van der Waals surface area contributed by atoms with Gasteiger partial charge in [-0.3, -0.25) is 14.8 Å². The first kappa shape index (κ1) is 16.5. The van der Waals surface area contributed by atoms with Crippen LogP contribution in [-0.4, -0.2) is 29.4 Å². The number of nitro benzene ring substituents is 1. The number of rotatable bonds is 3. The molecule has 0 aliphatic heterocycles. The topological polar surface area (TPSA) is 95.1 Å². The zero-order chi connectivity index (χ0) is 16.8. The second-order valence-electron chi connectivity index (χ2n) is 4.40. The number of nitro groups is 1. The Balaban J connectivity index is 2.79. The molecule has 0 atom stereocenters. The van der Waals surface area contributed by atoms with E-state index in [-0.39, 0.29) is 20.8 Å². The summed E-state index contributed by atoms with van der Waals surface area (Å²) in [5, 5.41) is 14.4. The summed E-state index contributed by atoms with van der Waals surface area (Å²) in [7, 11) is -2.36. The average molecular weight is 396 g/mol. The molecule has 0 amide bonds. The van der Waals surface area contributed by atoms with Gasteiger partial charge in [0.05, 0.1) is 9.40 Å². The van der Waals surface area contributed by atoms with Crippen LogP contribution in [0.5, 0.6) is 0 Å². The highest BCUT2D eigenvalue weighted by Gasteiger charge is 2.27. The van der Waals surface area contributed by atoms with Crippen molar-refractivity contribution >= 4 is 31.5 Å². The Hall–Kier alpha value is -1.88. The largest absolute Gasteiger partial charge is 0.305 e. The molecule has 1 aromatic heterocycles. The van der Waals surface area contributed by atoms with Gasteiger partial charge in [-0.25, -0.2) is 12.8 Å². The second-order valence-corrected chi connectivity index (χ2v) is 7.13. The summed E-state index contributed by atoms with van der Waals surface area (Å²) in [6.45, 7) is 0. The molecule has 0 radical (unpaired) electrons. The molecule has 0 aliphatic carbocycles. The van der Waals surface area contributed by atoms with E-state index in [1.54, 1.807) is 0 Å². The van der Waals surface area contributed by atoms with Crippen LogP contribution in [0.3, 0.4) is 0 Å².